The lowest BCUT2D eigenvalue weighted by molar-refractivity contribution is -0.385. The van der Waals surface area contributed by atoms with Crippen molar-refractivity contribution < 1.29 is 24.0 Å². The van der Waals surface area contributed by atoms with E-state index < -0.39 is 16.6 Å². The Hall–Kier alpha value is -3.42. The number of rotatable bonds is 9. The maximum atomic E-state index is 12.1. The van der Waals surface area contributed by atoms with Crippen LogP contribution in [0.4, 0.5) is 5.69 Å². The number of aryl methyl sites for hydroxylation is 1. The van der Waals surface area contributed by atoms with Crippen molar-refractivity contribution in [3.63, 3.8) is 0 Å². The van der Waals surface area contributed by atoms with Gasteiger partial charge >= 0.3 is 11.7 Å². The van der Waals surface area contributed by atoms with Crippen LogP contribution >= 0.6 is 0 Å². The van der Waals surface area contributed by atoms with E-state index in [1.165, 1.54) is 24.8 Å². The van der Waals surface area contributed by atoms with Gasteiger partial charge in [-0.3, -0.25) is 14.9 Å². The molecule has 2 rings (SSSR count). The SMILES string of the molecule is COC(=O)c1ccc(OCC(=O)N[C@H](C)CCc2ccccc2)c([N+](=O)[O-])c1. The average molecular weight is 386 g/mol. The number of nitrogens with one attached hydrogen (secondary N) is 1. The number of carbonyl (C=O) groups excluding carboxylic acids is 2. The standard InChI is InChI=1S/C20H22N2O6/c1-14(8-9-15-6-4-3-5-7-15)21-19(23)13-28-18-11-10-16(20(24)27-2)12-17(18)22(25)26/h3-7,10-12,14H,8-9,13H2,1-2H3,(H,21,23)/t14-/m1/s1. The van der Waals surface area contributed by atoms with Crippen LogP contribution in [0, 0.1) is 10.1 Å². The predicted octanol–water partition coefficient (Wildman–Crippen LogP) is 2.90. The molecule has 28 heavy (non-hydrogen) atoms. The summed E-state index contributed by atoms with van der Waals surface area (Å²) in [5, 5.41) is 14.0. The highest BCUT2D eigenvalue weighted by Crippen LogP contribution is 2.28. The molecule has 0 saturated carbocycles. The summed E-state index contributed by atoms with van der Waals surface area (Å²) < 4.78 is 9.83. The summed E-state index contributed by atoms with van der Waals surface area (Å²) in [6, 6.07) is 13.5. The minimum absolute atomic E-state index is 0.0283. The largest absolute Gasteiger partial charge is 0.477 e. The Morgan fingerprint density at radius 2 is 1.89 bits per heavy atom. The van der Waals surface area contributed by atoms with Crippen LogP contribution in [-0.2, 0) is 16.0 Å². The summed E-state index contributed by atoms with van der Waals surface area (Å²) >= 11 is 0. The molecule has 0 bridgehead atoms. The third-order valence-corrected chi connectivity index (χ3v) is 4.05. The van der Waals surface area contributed by atoms with E-state index in [4.69, 9.17) is 4.74 Å². The number of benzene rings is 2. The third kappa shape index (κ3) is 6.08. The summed E-state index contributed by atoms with van der Waals surface area (Å²) in [5.74, 6) is -1.17. The number of carbonyl (C=O) groups is 2. The molecule has 0 radical (unpaired) electrons. The Morgan fingerprint density at radius 1 is 1.18 bits per heavy atom. The van der Waals surface area contributed by atoms with Crippen LogP contribution in [0.5, 0.6) is 5.75 Å². The van der Waals surface area contributed by atoms with E-state index in [9.17, 15) is 19.7 Å². The summed E-state index contributed by atoms with van der Waals surface area (Å²) in [6.07, 6.45) is 1.58. The van der Waals surface area contributed by atoms with Crippen LogP contribution in [0.3, 0.4) is 0 Å². The molecule has 0 spiro atoms. The fourth-order valence-electron chi connectivity index (χ4n) is 2.59. The van der Waals surface area contributed by atoms with Crippen molar-refractivity contribution in [3.8, 4) is 5.75 Å². The smallest absolute Gasteiger partial charge is 0.338 e. The minimum Gasteiger partial charge on any atom is -0.477 e. The number of amides is 1. The van der Waals surface area contributed by atoms with E-state index in [0.717, 1.165) is 18.9 Å². The van der Waals surface area contributed by atoms with Gasteiger partial charge in [-0.1, -0.05) is 30.3 Å². The lowest BCUT2D eigenvalue weighted by Crippen LogP contribution is -2.36. The number of nitrogens with zero attached hydrogens (tertiary/aromatic N) is 1. The van der Waals surface area contributed by atoms with Crippen LogP contribution in [0.1, 0.15) is 29.3 Å². The van der Waals surface area contributed by atoms with Crippen molar-refractivity contribution in [2.75, 3.05) is 13.7 Å². The second-order valence-corrected chi connectivity index (χ2v) is 6.21. The number of nitro benzene ring substituents is 1. The molecule has 2 aromatic carbocycles. The van der Waals surface area contributed by atoms with Crippen molar-refractivity contribution in [1.29, 1.82) is 0 Å². The summed E-state index contributed by atoms with van der Waals surface area (Å²) in [5.41, 5.74) is 0.800. The van der Waals surface area contributed by atoms with Crippen LogP contribution < -0.4 is 10.1 Å². The van der Waals surface area contributed by atoms with E-state index in [1.807, 2.05) is 37.3 Å². The summed E-state index contributed by atoms with van der Waals surface area (Å²) in [7, 11) is 1.18. The third-order valence-electron chi connectivity index (χ3n) is 4.05. The first-order chi connectivity index (χ1) is 13.4. The Balaban J connectivity index is 1.89. The zero-order chi connectivity index (χ0) is 20.5. The van der Waals surface area contributed by atoms with Gasteiger partial charge in [0.1, 0.15) is 0 Å². The molecule has 8 heteroatoms. The first-order valence-electron chi connectivity index (χ1n) is 8.73. The van der Waals surface area contributed by atoms with Gasteiger partial charge in [-0.2, -0.15) is 0 Å². The molecule has 0 aliphatic rings. The number of methoxy groups -OCH3 is 1. The quantitative estimate of drug-likeness (QED) is 0.403. The van der Waals surface area contributed by atoms with E-state index in [2.05, 4.69) is 10.1 Å². The number of nitro groups is 1. The molecule has 0 heterocycles. The topological polar surface area (TPSA) is 108 Å². The maximum Gasteiger partial charge on any atom is 0.338 e. The molecule has 1 atom stereocenters. The molecule has 0 aromatic heterocycles. The van der Waals surface area contributed by atoms with Gasteiger partial charge < -0.3 is 14.8 Å². The second kappa shape index (κ2) is 10.1. The highest BCUT2D eigenvalue weighted by molar-refractivity contribution is 5.90. The lowest BCUT2D eigenvalue weighted by atomic mass is 10.1. The Morgan fingerprint density at radius 3 is 2.54 bits per heavy atom. The summed E-state index contributed by atoms with van der Waals surface area (Å²) in [4.78, 5) is 34.1. The molecule has 0 unspecified atom stereocenters. The van der Waals surface area contributed by atoms with E-state index in [-0.39, 0.29) is 29.9 Å². The Bertz CT molecular complexity index is 838. The van der Waals surface area contributed by atoms with Gasteiger partial charge in [0.15, 0.2) is 12.4 Å². The van der Waals surface area contributed by atoms with Crippen molar-refractivity contribution in [1.82, 2.24) is 5.32 Å². The molecule has 0 fully saturated rings. The Kier molecular flexibility index (Phi) is 7.50. The molecular weight excluding hydrogens is 364 g/mol. The van der Waals surface area contributed by atoms with Gasteiger partial charge in [0.25, 0.3) is 5.91 Å². The van der Waals surface area contributed by atoms with Crippen LogP contribution in [-0.4, -0.2) is 36.6 Å². The van der Waals surface area contributed by atoms with Crippen molar-refractivity contribution >= 4 is 17.6 Å². The van der Waals surface area contributed by atoms with Gasteiger partial charge in [-0.25, -0.2) is 4.79 Å². The summed E-state index contributed by atoms with van der Waals surface area (Å²) in [6.45, 7) is 1.52. The van der Waals surface area contributed by atoms with Gasteiger partial charge in [-0.05, 0) is 37.5 Å². The van der Waals surface area contributed by atoms with Crippen molar-refractivity contribution in [2.45, 2.75) is 25.8 Å². The second-order valence-electron chi connectivity index (χ2n) is 6.21. The molecule has 0 aliphatic heterocycles. The number of hydrogen-bond acceptors (Lipinski definition) is 6. The maximum absolute atomic E-state index is 12.1. The molecule has 148 valence electrons. The van der Waals surface area contributed by atoms with Crippen LogP contribution in [0.25, 0.3) is 0 Å². The molecular formula is C20H22N2O6. The van der Waals surface area contributed by atoms with E-state index in [0.29, 0.717) is 0 Å². The normalized spacial score (nSPS) is 11.4. The van der Waals surface area contributed by atoms with E-state index in [1.54, 1.807) is 0 Å². The van der Waals surface area contributed by atoms with Gasteiger partial charge in [0.2, 0.25) is 0 Å². The number of esters is 1. The minimum atomic E-state index is -0.695. The molecule has 1 amide bonds. The van der Waals surface area contributed by atoms with Crippen LogP contribution in [0.2, 0.25) is 0 Å². The Labute approximate surface area is 162 Å². The molecule has 0 aliphatic carbocycles. The van der Waals surface area contributed by atoms with Crippen LogP contribution in [0.15, 0.2) is 48.5 Å². The van der Waals surface area contributed by atoms with E-state index >= 15 is 0 Å². The molecule has 8 nitrogen and oxygen atoms in total. The monoisotopic (exact) mass is 386 g/mol. The highest BCUT2D eigenvalue weighted by Gasteiger charge is 2.20. The molecule has 1 N–H and O–H groups in total. The van der Waals surface area contributed by atoms with Gasteiger partial charge in [0, 0.05) is 12.1 Å². The lowest BCUT2D eigenvalue weighted by Gasteiger charge is -2.14. The van der Waals surface area contributed by atoms with Gasteiger partial charge in [-0.15, -0.1) is 0 Å². The average Bonchev–Trinajstić information content (AvgIpc) is 2.70. The molecule has 0 saturated heterocycles. The van der Waals surface area contributed by atoms with Crippen molar-refractivity contribution in [3.05, 3.63) is 69.8 Å². The number of hydrogen-bond donors (Lipinski definition) is 1. The fraction of sp³-hybridized carbons (Fsp3) is 0.300. The number of ether oxygens (including phenoxy) is 2. The highest BCUT2D eigenvalue weighted by atomic mass is 16.6. The predicted molar refractivity (Wildman–Crippen MR) is 102 cm³/mol. The zero-order valence-corrected chi connectivity index (χ0v) is 15.7. The molecule has 2 aromatic rings. The zero-order valence-electron chi connectivity index (χ0n) is 15.7. The first-order valence-corrected chi connectivity index (χ1v) is 8.73. The first kappa shape index (κ1) is 20.9. The van der Waals surface area contributed by atoms with Crippen molar-refractivity contribution in [2.24, 2.45) is 0 Å². The fourth-order valence-corrected chi connectivity index (χ4v) is 2.59. The van der Waals surface area contributed by atoms with Gasteiger partial charge in [0.05, 0.1) is 17.6 Å².